The summed E-state index contributed by atoms with van der Waals surface area (Å²) in [4.78, 5) is 25.7. The van der Waals surface area contributed by atoms with E-state index in [9.17, 15) is 9.59 Å². The van der Waals surface area contributed by atoms with Crippen LogP contribution >= 0.6 is 11.6 Å². The summed E-state index contributed by atoms with van der Waals surface area (Å²) in [5.74, 6) is -0.528. The predicted molar refractivity (Wildman–Crippen MR) is 73.4 cm³/mol. The molecule has 0 aromatic heterocycles. The zero-order valence-corrected chi connectivity index (χ0v) is 10.7. The van der Waals surface area contributed by atoms with E-state index in [-0.39, 0.29) is 18.2 Å². The van der Waals surface area contributed by atoms with Gasteiger partial charge in [-0.2, -0.15) is 0 Å². The van der Waals surface area contributed by atoms with Crippen molar-refractivity contribution < 1.29 is 9.59 Å². The number of hydrogen-bond donors (Lipinski definition) is 0. The quantitative estimate of drug-likeness (QED) is 0.748. The molecule has 3 nitrogen and oxygen atoms in total. The molecular weight excluding hydrogens is 262 g/mol. The second-order valence-electron chi connectivity index (χ2n) is 4.35. The first-order valence-corrected chi connectivity index (χ1v) is 6.25. The highest BCUT2D eigenvalue weighted by Crippen LogP contribution is 2.27. The summed E-state index contributed by atoms with van der Waals surface area (Å²) >= 11 is 5.91. The van der Waals surface area contributed by atoms with Crippen molar-refractivity contribution in [3.63, 3.8) is 0 Å². The van der Waals surface area contributed by atoms with Gasteiger partial charge < -0.3 is 0 Å². The van der Waals surface area contributed by atoms with Crippen LogP contribution in [-0.2, 0) is 11.2 Å². The van der Waals surface area contributed by atoms with E-state index in [0.29, 0.717) is 16.3 Å². The molecule has 19 heavy (non-hydrogen) atoms. The van der Waals surface area contributed by atoms with Gasteiger partial charge in [0, 0.05) is 10.6 Å². The fourth-order valence-electron chi connectivity index (χ4n) is 2.24. The van der Waals surface area contributed by atoms with Crippen molar-refractivity contribution in [3.05, 3.63) is 64.7 Å². The molecule has 0 atom stereocenters. The van der Waals surface area contributed by atoms with E-state index >= 15 is 0 Å². The van der Waals surface area contributed by atoms with Crippen LogP contribution in [0.4, 0.5) is 5.69 Å². The normalized spacial score (nSPS) is 14.5. The van der Waals surface area contributed by atoms with Gasteiger partial charge in [-0.15, -0.1) is 0 Å². The first kappa shape index (κ1) is 11.9. The van der Waals surface area contributed by atoms with Gasteiger partial charge >= 0.3 is 0 Å². The van der Waals surface area contributed by atoms with Gasteiger partial charge in [-0.25, -0.2) is 4.90 Å². The van der Waals surface area contributed by atoms with E-state index in [1.54, 1.807) is 42.5 Å². The van der Waals surface area contributed by atoms with E-state index in [0.717, 1.165) is 5.56 Å². The molecule has 0 spiro atoms. The van der Waals surface area contributed by atoms with Gasteiger partial charge in [0.05, 0.1) is 12.1 Å². The maximum atomic E-state index is 12.4. The molecule has 1 aliphatic rings. The Balaban J connectivity index is 2.09. The lowest BCUT2D eigenvalue weighted by Gasteiger charge is -2.26. The van der Waals surface area contributed by atoms with Crippen molar-refractivity contribution in [2.45, 2.75) is 6.42 Å². The number of rotatable bonds is 1. The summed E-state index contributed by atoms with van der Waals surface area (Å²) in [5, 5.41) is 0.497. The number of fused-ring (bicyclic) bond motifs is 1. The second-order valence-corrected chi connectivity index (χ2v) is 4.78. The highest BCUT2D eigenvalue weighted by molar-refractivity contribution is 6.31. The van der Waals surface area contributed by atoms with Crippen molar-refractivity contribution in [2.75, 3.05) is 4.90 Å². The van der Waals surface area contributed by atoms with Crippen LogP contribution < -0.4 is 4.90 Å². The van der Waals surface area contributed by atoms with Gasteiger partial charge in [0.15, 0.2) is 0 Å². The smallest absolute Gasteiger partial charge is 0.265 e. The lowest BCUT2D eigenvalue weighted by atomic mass is 9.98. The Hall–Kier alpha value is -2.13. The number of nitrogens with zero attached hydrogens (tertiary/aromatic N) is 1. The molecule has 3 rings (SSSR count). The average molecular weight is 272 g/mol. The minimum absolute atomic E-state index is 0.231. The molecule has 4 heteroatoms. The van der Waals surface area contributed by atoms with E-state index < -0.39 is 0 Å². The summed E-state index contributed by atoms with van der Waals surface area (Å²) in [5.41, 5.74) is 1.86. The summed E-state index contributed by atoms with van der Waals surface area (Å²) in [6.07, 6.45) is 0.231. The van der Waals surface area contributed by atoms with Crippen LogP contribution in [0, 0.1) is 0 Å². The standard InChI is InChI=1S/C15H10ClNO2/c16-11-5-3-6-12(9-11)17-14(18)8-10-4-1-2-7-13(10)15(17)19/h1-7,9H,8H2. The molecule has 0 aliphatic carbocycles. The molecule has 2 amide bonds. The van der Waals surface area contributed by atoms with E-state index in [1.165, 1.54) is 4.90 Å². The molecule has 0 unspecified atom stereocenters. The molecule has 1 aliphatic heterocycles. The lowest BCUT2D eigenvalue weighted by Crippen LogP contribution is -2.42. The molecule has 2 aromatic carbocycles. The zero-order valence-electron chi connectivity index (χ0n) is 9.97. The monoisotopic (exact) mass is 271 g/mol. The van der Waals surface area contributed by atoms with Crippen molar-refractivity contribution in [1.82, 2.24) is 0 Å². The van der Waals surface area contributed by atoms with Crippen LogP contribution in [0.25, 0.3) is 0 Å². The third-order valence-corrected chi connectivity index (χ3v) is 3.34. The lowest BCUT2D eigenvalue weighted by molar-refractivity contribution is -0.117. The molecule has 0 radical (unpaired) electrons. The summed E-state index contributed by atoms with van der Waals surface area (Å²) in [6, 6.07) is 13.9. The number of imide groups is 1. The fourth-order valence-corrected chi connectivity index (χ4v) is 2.42. The van der Waals surface area contributed by atoms with Crippen molar-refractivity contribution >= 4 is 29.1 Å². The van der Waals surface area contributed by atoms with Crippen molar-refractivity contribution in [1.29, 1.82) is 0 Å². The first-order chi connectivity index (χ1) is 9.16. The van der Waals surface area contributed by atoms with E-state index in [1.807, 2.05) is 6.07 Å². The van der Waals surface area contributed by atoms with Gasteiger partial charge in [-0.05, 0) is 29.8 Å². The van der Waals surface area contributed by atoms with Crippen LogP contribution in [-0.4, -0.2) is 11.8 Å². The minimum atomic E-state index is -0.297. The van der Waals surface area contributed by atoms with E-state index in [4.69, 9.17) is 11.6 Å². The van der Waals surface area contributed by atoms with Gasteiger partial charge in [0.25, 0.3) is 5.91 Å². The van der Waals surface area contributed by atoms with Gasteiger partial charge in [-0.3, -0.25) is 9.59 Å². The summed E-state index contributed by atoms with van der Waals surface area (Å²) in [7, 11) is 0. The van der Waals surface area contributed by atoms with Crippen molar-refractivity contribution in [3.8, 4) is 0 Å². The Morgan fingerprint density at radius 3 is 2.58 bits per heavy atom. The average Bonchev–Trinajstić information content (AvgIpc) is 2.39. The highest BCUT2D eigenvalue weighted by atomic mass is 35.5. The molecule has 94 valence electrons. The Kier molecular flexibility index (Phi) is 2.84. The number of hydrogen-bond acceptors (Lipinski definition) is 2. The molecule has 1 heterocycles. The molecule has 0 bridgehead atoms. The summed E-state index contributed by atoms with van der Waals surface area (Å²) < 4.78 is 0. The van der Waals surface area contributed by atoms with Gasteiger partial charge in [0.1, 0.15) is 0 Å². The van der Waals surface area contributed by atoms with Gasteiger partial charge in [-0.1, -0.05) is 35.9 Å². The van der Waals surface area contributed by atoms with Crippen molar-refractivity contribution in [2.24, 2.45) is 0 Å². The molecule has 0 fully saturated rings. The largest absolute Gasteiger partial charge is 0.274 e. The van der Waals surface area contributed by atoms with Crippen LogP contribution in [0.15, 0.2) is 48.5 Å². The second kappa shape index (κ2) is 4.52. The fraction of sp³-hybridized carbons (Fsp3) is 0.0667. The number of anilines is 1. The topological polar surface area (TPSA) is 37.4 Å². The van der Waals surface area contributed by atoms with Crippen LogP contribution in [0.2, 0.25) is 5.02 Å². The zero-order chi connectivity index (χ0) is 13.4. The Morgan fingerprint density at radius 2 is 1.79 bits per heavy atom. The molecule has 0 N–H and O–H groups in total. The Labute approximate surface area is 115 Å². The SMILES string of the molecule is O=C1Cc2ccccc2C(=O)N1c1cccc(Cl)c1. The molecular formula is C15H10ClNO2. The predicted octanol–water partition coefficient (Wildman–Crippen LogP) is 3.07. The van der Waals surface area contributed by atoms with Crippen LogP contribution in [0.5, 0.6) is 0 Å². The number of halogens is 1. The number of benzene rings is 2. The molecule has 0 saturated carbocycles. The maximum Gasteiger partial charge on any atom is 0.265 e. The maximum absolute atomic E-state index is 12.4. The first-order valence-electron chi connectivity index (χ1n) is 5.87. The number of carbonyl (C=O) groups excluding carboxylic acids is 2. The van der Waals surface area contributed by atoms with Gasteiger partial charge in [0.2, 0.25) is 5.91 Å². The third-order valence-electron chi connectivity index (χ3n) is 3.11. The number of carbonyl (C=O) groups is 2. The molecule has 0 saturated heterocycles. The summed E-state index contributed by atoms with van der Waals surface area (Å²) in [6.45, 7) is 0. The Bertz CT molecular complexity index is 681. The van der Waals surface area contributed by atoms with Crippen LogP contribution in [0.3, 0.4) is 0 Å². The van der Waals surface area contributed by atoms with E-state index in [2.05, 4.69) is 0 Å². The number of amides is 2. The minimum Gasteiger partial charge on any atom is -0.274 e. The molecule has 2 aromatic rings. The Morgan fingerprint density at radius 1 is 1.00 bits per heavy atom. The highest BCUT2D eigenvalue weighted by Gasteiger charge is 2.31. The van der Waals surface area contributed by atoms with Crippen LogP contribution in [0.1, 0.15) is 15.9 Å². The third kappa shape index (κ3) is 2.02.